The van der Waals surface area contributed by atoms with Crippen LogP contribution >= 0.6 is 0 Å². The molecule has 0 spiro atoms. The number of benzene rings is 2. The minimum absolute atomic E-state index is 0.0949. The fraction of sp³-hybridized carbons (Fsp3) is 0.391. The third-order valence-corrected chi connectivity index (χ3v) is 5.01. The number of hydrogen-bond donors (Lipinski definition) is 1. The molecule has 2 aromatic carbocycles. The zero-order valence-electron chi connectivity index (χ0n) is 17.4. The second-order valence-electron chi connectivity index (χ2n) is 7.66. The average Bonchev–Trinajstić information content (AvgIpc) is 3.11. The summed E-state index contributed by atoms with van der Waals surface area (Å²) in [6.45, 7) is 4.05. The Morgan fingerprint density at radius 2 is 1.77 bits per heavy atom. The van der Waals surface area contributed by atoms with Crippen molar-refractivity contribution < 1.29 is 28.9 Å². The number of aliphatic carboxylic acids is 1. The maximum absolute atomic E-state index is 13.1. The lowest BCUT2D eigenvalue weighted by Gasteiger charge is -2.29. The Bertz CT molecular complexity index is 852. The highest BCUT2D eigenvalue weighted by molar-refractivity contribution is 5.77. The van der Waals surface area contributed by atoms with E-state index in [1.165, 1.54) is 4.90 Å². The van der Waals surface area contributed by atoms with Crippen LogP contribution in [-0.2, 0) is 20.9 Å². The Morgan fingerprint density at radius 3 is 2.33 bits per heavy atom. The largest absolute Gasteiger partial charge is 0.497 e. The van der Waals surface area contributed by atoms with Gasteiger partial charge in [0.25, 0.3) is 0 Å². The van der Waals surface area contributed by atoms with E-state index in [9.17, 15) is 14.7 Å². The van der Waals surface area contributed by atoms with Gasteiger partial charge in [-0.25, -0.2) is 9.59 Å². The first kappa shape index (κ1) is 21.6. The predicted molar refractivity (Wildman–Crippen MR) is 110 cm³/mol. The Labute approximate surface area is 176 Å². The van der Waals surface area contributed by atoms with Crippen molar-refractivity contribution in [1.29, 1.82) is 0 Å². The Kier molecular flexibility index (Phi) is 6.95. The van der Waals surface area contributed by atoms with Gasteiger partial charge in [-0.2, -0.15) is 0 Å². The highest BCUT2D eigenvalue weighted by atomic mass is 16.6. The summed E-state index contributed by atoms with van der Waals surface area (Å²) in [7, 11) is 1.56. The van der Waals surface area contributed by atoms with Gasteiger partial charge in [-0.15, -0.1) is 0 Å². The summed E-state index contributed by atoms with van der Waals surface area (Å²) in [5.74, 6) is -0.277. The number of hydrogen-bond acceptors (Lipinski definition) is 5. The van der Waals surface area contributed by atoms with Gasteiger partial charge >= 0.3 is 12.1 Å². The van der Waals surface area contributed by atoms with Gasteiger partial charge in [0.1, 0.15) is 12.4 Å². The van der Waals surface area contributed by atoms with Gasteiger partial charge in [0.15, 0.2) is 12.3 Å². The van der Waals surface area contributed by atoms with Gasteiger partial charge in [-0.1, -0.05) is 56.3 Å². The van der Waals surface area contributed by atoms with Crippen molar-refractivity contribution in [2.24, 2.45) is 5.92 Å². The maximum atomic E-state index is 13.1. The van der Waals surface area contributed by atoms with Crippen molar-refractivity contribution in [1.82, 2.24) is 4.90 Å². The molecule has 2 aromatic rings. The number of carboxylic acid groups (broad SMARTS) is 1. The fourth-order valence-electron chi connectivity index (χ4n) is 3.59. The van der Waals surface area contributed by atoms with Gasteiger partial charge < -0.3 is 19.3 Å². The Morgan fingerprint density at radius 1 is 1.10 bits per heavy atom. The second-order valence-corrected chi connectivity index (χ2v) is 7.66. The van der Waals surface area contributed by atoms with Gasteiger partial charge in [0.2, 0.25) is 0 Å². The normalized spacial score (nSPS) is 20.9. The first-order valence-corrected chi connectivity index (χ1v) is 9.92. The molecule has 160 valence electrons. The molecular formula is C23H27NO6. The van der Waals surface area contributed by atoms with Crippen LogP contribution in [0.1, 0.15) is 37.6 Å². The molecule has 2 unspecified atom stereocenters. The van der Waals surface area contributed by atoms with Crippen molar-refractivity contribution in [2.45, 2.75) is 45.2 Å². The molecule has 1 heterocycles. The molecule has 3 atom stereocenters. The summed E-state index contributed by atoms with van der Waals surface area (Å²) in [6, 6.07) is 15.7. The predicted octanol–water partition coefficient (Wildman–Crippen LogP) is 4.23. The monoisotopic (exact) mass is 413 g/mol. The molecule has 1 fully saturated rings. The second kappa shape index (κ2) is 9.63. The molecular weight excluding hydrogens is 386 g/mol. The highest BCUT2D eigenvalue weighted by Gasteiger charge is 2.49. The van der Waals surface area contributed by atoms with Gasteiger partial charge in [0.05, 0.1) is 13.2 Å². The summed E-state index contributed by atoms with van der Waals surface area (Å²) in [4.78, 5) is 26.4. The number of ether oxygens (including phenoxy) is 3. The van der Waals surface area contributed by atoms with E-state index < -0.39 is 30.4 Å². The summed E-state index contributed by atoms with van der Waals surface area (Å²) < 4.78 is 16.6. The number of nitrogens with zero attached hydrogens (tertiary/aromatic N) is 1. The number of amides is 1. The summed E-state index contributed by atoms with van der Waals surface area (Å²) in [5, 5.41) is 9.73. The van der Waals surface area contributed by atoms with Gasteiger partial charge in [-0.05, 0) is 30.0 Å². The van der Waals surface area contributed by atoms with Crippen molar-refractivity contribution in [3.05, 3.63) is 65.7 Å². The van der Waals surface area contributed by atoms with Crippen LogP contribution in [0.3, 0.4) is 0 Å². The van der Waals surface area contributed by atoms with E-state index in [1.54, 1.807) is 31.4 Å². The molecule has 0 aliphatic carbocycles. The first-order valence-electron chi connectivity index (χ1n) is 9.92. The lowest BCUT2D eigenvalue weighted by Crippen LogP contribution is -2.44. The minimum Gasteiger partial charge on any atom is -0.497 e. The third kappa shape index (κ3) is 4.91. The number of carbonyl (C=O) groups excluding carboxylic acids is 1. The molecule has 3 rings (SSSR count). The standard InChI is InChI=1S/C23H27NO6/c1-15(2)13-19-20(22(25)26)30-21(17-9-11-18(28-3)12-10-17)24(19)23(27)29-14-16-7-5-4-6-8-16/h4-12,15,19-21H,13-14H2,1-3H3,(H,25,26)/t19-,20?,21?/m0/s1. The molecule has 1 aliphatic heterocycles. The van der Waals surface area contributed by atoms with Crippen molar-refractivity contribution in [3.8, 4) is 5.75 Å². The average molecular weight is 413 g/mol. The summed E-state index contributed by atoms with van der Waals surface area (Å²) in [5.41, 5.74) is 1.51. The van der Waals surface area contributed by atoms with Gasteiger partial charge in [-0.3, -0.25) is 4.90 Å². The summed E-state index contributed by atoms with van der Waals surface area (Å²) >= 11 is 0. The first-order chi connectivity index (χ1) is 14.4. The maximum Gasteiger partial charge on any atom is 0.412 e. The van der Waals surface area contributed by atoms with Crippen LogP contribution in [0.5, 0.6) is 5.75 Å². The third-order valence-electron chi connectivity index (χ3n) is 5.01. The van der Waals surface area contributed by atoms with Crippen molar-refractivity contribution >= 4 is 12.1 Å². The van der Waals surface area contributed by atoms with Crippen LogP contribution in [0.4, 0.5) is 4.79 Å². The molecule has 1 amide bonds. The topological polar surface area (TPSA) is 85.3 Å². The molecule has 0 radical (unpaired) electrons. The van der Waals surface area contributed by atoms with Crippen LogP contribution < -0.4 is 4.74 Å². The Balaban J connectivity index is 1.89. The van der Waals surface area contributed by atoms with Crippen LogP contribution in [0.2, 0.25) is 0 Å². The van der Waals surface area contributed by atoms with E-state index in [1.807, 2.05) is 44.2 Å². The molecule has 1 saturated heterocycles. The van der Waals surface area contributed by atoms with E-state index in [2.05, 4.69) is 0 Å². The summed E-state index contributed by atoms with van der Waals surface area (Å²) in [6.07, 6.45) is -2.12. The zero-order chi connectivity index (χ0) is 21.7. The zero-order valence-corrected chi connectivity index (χ0v) is 17.4. The highest BCUT2D eigenvalue weighted by Crippen LogP contribution is 2.38. The fourth-order valence-corrected chi connectivity index (χ4v) is 3.59. The van der Waals surface area contributed by atoms with Crippen molar-refractivity contribution in [3.63, 3.8) is 0 Å². The SMILES string of the molecule is COc1ccc(C2OC(C(=O)O)[C@H](CC(C)C)N2C(=O)OCc2ccccc2)cc1. The molecule has 7 heteroatoms. The smallest absolute Gasteiger partial charge is 0.412 e. The quantitative estimate of drug-likeness (QED) is 0.731. The van der Waals surface area contributed by atoms with E-state index in [4.69, 9.17) is 14.2 Å². The molecule has 1 aliphatic rings. The molecule has 0 saturated carbocycles. The van der Waals surface area contributed by atoms with Crippen LogP contribution in [0.15, 0.2) is 54.6 Å². The number of rotatable bonds is 7. The number of carboxylic acids is 1. The minimum atomic E-state index is -1.14. The Hall–Kier alpha value is -3.06. The molecule has 0 bridgehead atoms. The van der Waals surface area contributed by atoms with E-state index in [0.717, 1.165) is 5.56 Å². The van der Waals surface area contributed by atoms with Gasteiger partial charge in [0, 0.05) is 5.56 Å². The molecule has 0 aromatic heterocycles. The van der Waals surface area contributed by atoms with E-state index in [0.29, 0.717) is 17.7 Å². The molecule has 1 N–H and O–H groups in total. The number of methoxy groups -OCH3 is 1. The van der Waals surface area contributed by atoms with Crippen LogP contribution in [0.25, 0.3) is 0 Å². The van der Waals surface area contributed by atoms with Crippen LogP contribution in [0, 0.1) is 5.92 Å². The number of carbonyl (C=O) groups is 2. The molecule has 30 heavy (non-hydrogen) atoms. The van der Waals surface area contributed by atoms with Crippen LogP contribution in [-0.4, -0.2) is 41.3 Å². The van der Waals surface area contributed by atoms with E-state index >= 15 is 0 Å². The van der Waals surface area contributed by atoms with E-state index in [-0.39, 0.29) is 12.5 Å². The lowest BCUT2D eigenvalue weighted by molar-refractivity contribution is -0.150. The lowest BCUT2D eigenvalue weighted by atomic mass is 9.98. The molecule has 7 nitrogen and oxygen atoms in total. The van der Waals surface area contributed by atoms with Crippen molar-refractivity contribution in [2.75, 3.05) is 7.11 Å².